The first-order valence-corrected chi connectivity index (χ1v) is 9.13. The first-order chi connectivity index (χ1) is 10.5. The number of halogens is 1. The molecule has 0 aliphatic heterocycles. The van der Waals surface area contributed by atoms with Crippen LogP contribution < -0.4 is 10.5 Å². The first kappa shape index (κ1) is 18.2. The molecule has 23 heavy (non-hydrogen) atoms. The average molecular weight is 359 g/mol. The van der Waals surface area contributed by atoms with Gasteiger partial charge < -0.3 is 10.7 Å². The number of sulfonamides is 1. The van der Waals surface area contributed by atoms with Gasteiger partial charge in [-0.15, -0.1) is 12.4 Å². The van der Waals surface area contributed by atoms with E-state index in [0.29, 0.717) is 17.6 Å². The van der Waals surface area contributed by atoms with Crippen molar-refractivity contribution in [3.8, 4) is 0 Å². The lowest BCUT2D eigenvalue weighted by molar-refractivity contribution is 0.191. The minimum absolute atomic E-state index is 0. The molecule has 2 heterocycles. The monoisotopic (exact) mass is 358 g/mol. The summed E-state index contributed by atoms with van der Waals surface area (Å²) in [6, 6.07) is 3.49. The number of nitrogens with one attached hydrogen (secondary N) is 2. The molecule has 6 nitrogen and oxygen atoms in total. The van der Waals surface area contributed by atoms with Gasteiger partial charge in [0.25, 0.3) is 0 Å². The van der Waals surface area contributed by atoms with Crippen LogP contribution in [0, 0.1) is 5.92 Å². The molecule has 2 atom stereocenters. The van der Waals surface area contributed by atoms with Crippen LogP contribution in [0.2, 0.25) is 0 Å². The minimum Gasteiger partial charge on any atom is -0.345 e. The molecule has 128 valence electrons. The van der Waals surface area contributed by atoms with Gasteiger partial charge in [0.15, 0.2) is 0 Å². The largest absolute Gasteiger partial charge is 0.345 e. The molecule has 0 saturated heterocycles. The lowest BCUT2D eigenvalue weighted by atomic mass is 9.74. The van der Waals surface area contributed by atoms with Crippen LogP contribution in [-0.2, 0) is 10.0 Å². The highest BCUT2D eigenvalue weighted by atomic mass is 35.5. The van der Waals surface area contributed by atoms with Crippen molar-refractivity contribution in [1.82, 2.24) is 14.7 Å². The van der Waals surface area contributed by atoms with Crippen molar-refractivity contribution < 1.29 is 8.42 Å². The summed E-state index contributed by atoms with van der Waals surface area (Å²) in [6.45, 7) is 2.39. The zero-order valence-electron chi connectivity index (χ0n) is 13.1. The summed E-state index contributed by atoms with van der Waals surface area (Å²) < 4.78 is 28.6. The van der Waals surface area contributed by atoms with Gasteiger partial charge in [-0.1, -0.05) is 19.8 Å². The van der Waals surface area contributed by atoms with Crippen LogP contribution in [0.5, 0.6) is 0 Å². The maximum atomic E-state index is 12.9. The van der Waals surface area contributed by atoms with Crippen LogP contribution in [0.3, 0.4) is 0 Å². The highest BCUT2D eigenvalue weighted by Gasteiger charge is 2.41. The molecule has 3 rings (SSSR count). The molecule has 1 fully saturated rings. The molecule has 2 aromatic rings. The second kappa shape index (κ2) is 6.76. The molecule has 1 aliphatic rings. The van der Waals surface area contributed by atoms with E-state index in [1.54, 1.807) is 18.3 Å². The van der Waals surface area contributed by atoms with Gasteiger partial charge in [0.1, 0.15) is 10.5 Å². The van der Waals surface area contributed by atoms with Crippen LogP contribution in [-0.4, -0.2) is 30.5 Å². The van der Waals surface area contributed by atoms with Gasteiger partial charge in [0.2, 0.25) is 10.0 Å². The SMILES string of the molecule is CC1CCCCC1(CN)NS(=O)(=O)c1c[nH]c2ncccc12.Cl. The summed E-state index contributed by atoms with van der Waals surface area (Å²) in [4.78, 5) is 7.29. The molecule has 2 aromatic heterocycles. The molecule has 0 aromatic carbocycles. The molecule has 0 radical (unpaired) electrons. The number of aromatic amines is 1. The molecule has 2 unspecified atom stereocenters. The molecular weight excluding hydrogens is 336 g/mol. The third kappa shape index (κ3) is 3.24. The molecule has 0 spiro atoms. The second-order valence-corrected chi connectivity index (χ2v) is 7.82. The maximum Gasteiger partial charge on any atom is 0.243 e. The molecule has 1 aliphatic carbocycles. The van der Waals surface area contributed by atoms with Gasteiger partial charge >= 0.3 is 0 Å². The maximum absolute atomic E-state index is 12.9. The fraction of sp³-hybridized carbons (Fsp3) is 0.533. The number of aromatic nitrogens is 2. The fourth-order valence-electron chi connectivity index (χ4n) is 3.39. The Balaban J connectivity index is 0.00000192. The first-order valence-electron chi connectivity index (χ1n) is 7.65. The van der Waals surface area contributed by atoms with E-state index in [-0.39, 0.29) is 23.2 Å². The summed E-state index contributed by atoms with van der Waals surface area (Å²) in [7, 11) is -3.65. The molecule has 0 bridgehead atoms. The zero-order chi connectivity index (χ0) is 15.8. The Morgan fingerprint density at radius 1 is 1.48 bits per heavy atom. The summed E-state index contributed by atoms with van der Waals surface area (Å²) in [5.41, 5.74) is 5.97. The lowest BCUT2D eigenvalue weighted by Gasteiger charge is -2.42. The van der Waals surface area contributed by atoms with E-state index in [1.165, 1.54) is 6.20 Å². The Labute approximate surface area is 142 Å². The number of fused-ring (bicyclic) bond motifs is 1. The van der Waals surface area contributed by atoms with Crippen molar-refractivity contribution >= 4 is 33.5 Å². The Morgan fingerprint density at radius 3 is 2.96 bits per heavy atom. The summed E-state index contributed by atoms with van der Waals surface area (Å²) in [5.74, 6) is 0.226. The zero-order valence-corrected chi connectivity index (χ0v) is 14.7. The predicted molar refractivity (Wildman–Crippen MR) is 93.1 cm³/mol. The van der Waals surface area contributed by atoms with Crippen LogP contribution in [0.15, 0.2) is 29.4 Å². The standard InChI is InChI=1S/C15H22N4O2S.ClH/c1-11-5-2-3-7-15(11,10-16)19-22(20,21)13-9-18-14-12(13)6-4-8-17-14;/h4,6,8-9,11,19H,2-3,5,7,10,16H2,1H3,(H,17,18);1H. The smallest absolute Gasteiger partial charge is 0.243 e. The van der Waals surface area contributed by atoms with Crippen molar-refractivity contribution in [3.63, 3.8) is 0 Å². The number of nitrogens with zero attached hydrogens (tertiary/aromatic N) is 1. The topological polar surface area (TPSA) is 101 Å². The van der Waals surface area contributed by atoms with Crippen LogP contribution in [0.4, 0.5) is 0 Å². The number of rotatable bonds is 4. The van der Waals surface area contributed by atoms with Crippen LogP contribution >= 0.6 is 12.4 Å². The minimum atomic E-state index is -3.65. The number of nitrogens with two attached hydrogens (primary N) is 1. The normalized spacial score (nSPS) is 25.2. The van der Waals surface area contributed by atoms with Gasteiger partial charge in [-0.05, 0) is 30.9 Å². The summed E-state index contributed by atoms with van der Waals surface area (Å²) in [5, 5.41) is 0.602. The van der Waals surface area contributed by atoms with E-state index in [4.69, 9.17) is 5.73 Å². The van der Waals surface area contributed by atoms with E-state index >= 15 is 0 Å². The molecule has 1 saturated carbocycles. The van der Waals surface area contributed by atoms with Gasteiger partial charge in [0.05, 0.1) is 0 Å². The van der Waals surface area contributed by atoms with Crippen LogP contribution in [0.1, 0.15) is 32.6 Å². The highest BCUT2D eigenvalue weighted by molar-refractivity contribution is 7.89. The van der Waals surface area contributed by atoms with Crippen molar-refractivity contribution in [2.45, 2.75) is 43.0 Å². The summed E-state index contributed by atoms with van der Waals surface area (Å²) >= 11 is 0. The Hall–Kier alpha value is -1.15. The van der Waals surface area contributed by atoms with Gasteiger partial charge in [0, 0.05) is 29.9 Å². The quantitative estimate of drug-likeness (QED) is 0.779. The number of hydrogen-bond acceptors (Lipinski definition) is 4. The van der Waals surface area contributed by atoms with E-state index in [1.807, 2.05) is 0 Å². The third-order valence-corrected chi connectivity index (χ3v) is 6.45. The Kier molecular flexibility index (Phi) is 5.35. The van der Waals surface area contributed by atoms with E-state index in [0.717, 1.165) is 25.7 Å². The van der Waals surface area contributed by atoms with E-state index in [9.17, 15) is 8.42 Å². The second-order valence-electron chi connectivity index (χ2n) is 6.17. The van der Waals surface area contributed by atoms with Gasteiger partial charge in [-0.3, -0.25) is 0 Å². The van der Waals surface area contributed by atoms with Crippen molar-refractivity contribution in [1.29, 1.82) is 0 Å². The van der Waals surface area contributed by atoms with Gasteiger partial charge in [-0.25, -0.2) is 18.1 Å². The third-order valence-electron chi connectivity index (χ3n) is 4.86. The van der Waals surface area contributed by atoms with Crippen molar-refractivity contribution in [3.05, 3.63) is 24.5 Å². The Morgan fingerprint density at radius 2 is 2.26 bits per heavy atom. The fourth-order valence-corrected chi connectivity index (χ4v) is 5.09. The average Bonchev–Trinajstić information content (AvgIpc) is 2.94. The number of pyridine rings is 1. The molecule has 0 amide bonds. The molecule has 8 heteroatoms. The van der Waals surface area contributed by atoms with Crippen molar-refractivity contribution in [2.75, 3.05) is 6.54 Å². The van der Waals surface area contributed by atoms with E-state index < -0.39 is 15.6 Å². The molecule has 4 N–H and O–H groups in total. The predicted octanol–water partition coefficient (Wildman–Crippen LogP) is 2.17. The molecular formula is C15H23ClN4O2S. The summed E-state index contributed by atoms with van der Waals surface area (Å²) in [6.07, 6.45) is 7.03. The lowest BCUT2D eigenvalue weighted by Crippen LogP contribution is -2.58. The van der Waals surface area contributed by atoms with E-state index in [2.05, 4.69) is 21.6 Å². The number of H-pyrrole nitrogens is 1. The highest BCUT2D eigenvalue weighted by Crippen LogP contribution is 2.34. The Bertz CT molecular complexity index is 777. The van der Waals surface area contributed by atoms with Gasteiger partial charge in [-0.2, -0.15) is 0 Å². The number of hydrogen-bond donors (Lipinski definition) is 3. The van der Waals surface area contributed by atoms with Crippen LogP contribution in [0.25, 0.3) is 11.0 Å². The van der Waals surface area contributed by atoms with Crippen molar-refractivity contribution in [2.24, 2.45) is 11.7 Å².